The van der Waals surface area contributed by atoms with Crippen LogP contribution in [0.1, 0.15) is 21.7 Å². The monoisotopic (exact) mass is 348 g/mol. The molecule has 124 valence electrons. The van der Waals surface area contributed by atoms with Crippen LogP contribution in [-0.2, 0) is 0 Å². The summed E-state index contributed by atoms with van der Waals surface area (Å²) in [5.74, 6) is -1.97. The predicted octanol–water partition coefficient (Wildman–Crippen LogP) is 4.09. The van der Waals surface area contributed by atoms with Crippen molar-refractivity contribution < 1.29 is 18.3 Å². The smallest absolute Gasteiger partial charge is 0.202 e. The van der Waals surface area contributed by atoms with Crippen LogP contribution in [0.2, 0.25) is 0 Å². The molecule has 0 bridgehead atoms. The van der Waals surface area contributed by atoms with E-state index in [1.165, 1.54) is 11.3 Å². The number of carbonyl (C=O) groups is 1. The molecule has 2 aromatic heterocycles. The molecule has 3 aromatic rings. The van der Waals surface area contributed by atoms with Gasteiger partial charge in [0.25, 0.3) is 0 Å². The van der Waals surface area contributed by atoms with E-state index in [-0.39, 0.29) is 18.1 Å². The third-order valence-electron chi connectivity index (χ3n) is 3.59. The molecule has 0 atom stereocenters. The van der Waals surface area contributed by atoms with Crippen molar-refractivity contribution in [2.24, 2.45) is 0 Å². The van der Waals surface area contributed by atoms with Crippen molar-refractivity contribution in [3.05, 3.63) is 64.4 Å². The molecule has 24 heavy (non-hydrogen) atoms. The Hall–Kier alpha value is -2.54. The number of hydrogen-bond donors (Lipinski definition) is 0. The van der Waals surface area contributed by atoms with E-state index < -0.39 is 11.6 Å². The average molecular weight is 348 g/mol. The van der Waals surface area contributed by atoms with Gasteiger partial charge in [0.15, 0.2) is 23.3 Å². The molecule has 2 heterocycles. The maximum absolute atomic E-state index is 13.5. The molecule has 0 radical (unpaired) electrons. The number of Topliss-reactive ketones (excluding diaryl/α,β-unsaturated/α-hetero) is 1. The second kappa shape index (κ2) is 6.52. The lowest BCUT2D eigenvalue weighted by atomic mass is 10.1. The first-order chi connectivity index (χ1) is 11.5. The first-order valence-corrected chi connectivity index (χ1v) is 8.05. The second-order valence-corrected chi connectivity index (χ2v) is 6.09. The van der Waals surface area contributed by atoms with Crippen molar-refractivity contribution in [1.29, 1.82) is 0 Å². The number of carbonyl (C=O) groups excluding carboxylic acids is 1. The maximum Gasteiger partial charge on any atom is 0.202 e. The number of ether oxygens (including phenoxy) is 1. The van der Waals surface area contributed by atoms with Gasteiger partial charge in [-0.3, -0.25) is 9.36 Å². The molecule has 1 aromatic carbocycles. The number of aryl methyl sites for hydroxylation is 1. The first kappa shape index (κ1) is 16.3. The molecule has 7 heteroatoms. The van der Waals surface area contributed by atoms with Crippen LogP contribution in [0.3, 0.4) is 0 Å². The fourth-order valence-corrected chi connectivity index (χ4v) is 3.23. The fourth-order valence-electron chi connectivity index (χ4n) is 2.48. The third kappa shape index (κ3) is 3.07. The molecule has 0 spiro atoms. The summed E-state index contributed by atoms with van der Waals surface area (Å²) in [5.41, 5.74) is 2.11. The van der Waals surface area contributed by atoms with Gasteiger partial charge in [-0.25, -0.2) is 13.8 Å². The maximum atomic E-state index is 13.5. The molecule has 0 aliphatic carbocycles. The van der Waals surface area contributed by atoms with Gasteiger partial charge < -0.3 is 4.74 Å². The van der Waals surface area contributed by atoms with Gasteiger partial charge in [0, 0.05) is 34.6 Å². The van der Waals surface area contributed by atoms with E-state index >= 15 is 0 Å². The molecule has 0 fully saturated rings. The summed E-state index contributed by atoms with van der Waals surface area (Å²) in [6.07, 6.45) is 1.70. The number of nitrogens with zero attached hydrogens (tertiary/aromatic N) is 2. The molecule has 0 amide bonds. The van der Waals surface area contributed by atoms with Crippen molar-refractivity contribution in [2.75, 3.05) is 6.61 Å². The van der Waals surface area contributed by atoms with Gasteiger partial charge in [-0.15, -0.1) is 11.3 Å². The van der Waals surface area contributed by atoms with Crippen LogP contribution >= 0.6 is 11.3 Å². The highest BCUT2D eigenvalue weighted by atomic mass is 32.1. The molecule has 0 saturated carbocycles. The lowest BCUT2D eigenvalue weighted by Gasteiger charge is -2.07. The topological polar surface area (TPSA) is 44.1 Å². The Bertz CT molecular complexity index is 888. The van der Waals surface area contributed by atoms with Crippen molar-refractivity contribution >= 4 is 17.1 Å². The van der Waals surface area contributed by atoms with Crippen molar-refractivity contribution in [1.82, 2.24) is 9.55 Å². The highest BCUT2D eigenvalue weighted by molar-refractivity contribution is 7.12. The lowest BCUT2D eigenvalue weighted by Crippen LogP contribution is -2.13. The van der Waals surface area contributed by atoms with Gasteiger partial charge in [0.1, 0.15) is 5.82 Å². The van der Waals surface area contributed by atoms with Crippen LogP contribution in [0.4, 0.5) is 8.78 Å². The Labute approximate surface area is 141 Å². The van der Waals surface area contributed by atoms with Crippen LogP contribution in [-0.4, -0.2) is 21.9 Å². The van der Waals surface area contributed by atoms with E-state index in [2.05, 4.69) is 4.98 Å². The molecule has 0 N–H and O–H groups in total. The lowest BCUT2D eigenvalue weighted by molar-refractivity contribution is 0.0918. The molecular weight excluding hydrogens is 334 g/mol. The van der Waals surface area contributed by atoms with E-state index in [1.54, 1.807) is 12.3 Å². The van der Waals surface area contributed by atoms with E-state index in [4.69, 9.17) is 4.74 Å². The Kier molecular flexibility index (Phi) is 4.44. The highest BCUT2D eigenvalue weighted by Gasteiger charge is 2.18. The summed E-state index contributed by atoms with van der Waals surface area (Å²) in [6, 6.07) is 4.71. The van der Waals surface area contributed by atoms with E-state index in [0.717, 1.165) is 28.7 Å². The fraction of sp³-hybridized carbons (Fsp3) is 0.176. The summed E-state index contributed by atoms with van der Waals surface area (Å²) in [5, 5.41) is 2.63. The number of ketones is 1. The highest BCUT2D eigenvalue weighted by Crippen LogP contribution is 2.23. The van der Waals surface area contributed by atoms with Gasteiger partial charge in [0.05, 0.1) is 0 Å². The normalized spacial score (nSPS) is 10.8. The molecule has 0 aliphatic heterocycles. The average Bonchev–Trinajstić information content (AvgIpc) is 3.14. The quantitative estimate of drug-likeness (QED) is 0.652. The number of halogens is 2. The van der Waals surface area contributed by atoms with E-state index in [1.807, 2.05) is 23.8 Å². The largest absolute Gasteiger partial charge is 0.482 e. The number of benzene rings is 1. The Morgan fingerprint density at radius 3 is 2.75 bits per heavy atom. The van der Waals surface area contributed by atoms with Crippen molar-refractivity contribution in [3.63, 3.8) is 0 Å². The zero-order chi connectivity index (χ0) is 17.3. The van der Waals surface area contributed by atoms with Crippen LogP contribution in [0.25, 0.3) is 5.13 Å². The van der Waals surface area contributed by atoms with Gasteiger partial charge in [-0.05, 0) is 32.0 Å². The SMILES string of the molecule is Cc1cc(C(=O)COc2ccc(F)cc2F)c(C)n1-c1nccs1. The number of rotatable bonds is 5. The number of aromatic nitrogens is 2. The summed E-state index contributed by atoms with van der Waals surface area (Å²) >= 11 is 1.47. The van der Waals surface area contributed by atoms with Gasteiger partial charge in [-0.2, -0.15) is 0 Å². The van der Waals surface area contributed by atoms with Gasteiger partial charge in [-0.1, -0.05) is 0 Å². The second-order valence-electron chi connectivity index (χ2n) is 5.22. The van der Waals surface area contributed by atoms with E-state index in [0.29, 0.717) is 11.6 Å². The van der Waals surface area contributed by atoms with Crippen LogP contribution in [0, 0.1) is 25.5 Å². The standard InChI is InChI=1S/C17H14F2N2O2S/c1-10-7-13(11(2)21(10)17-20-5-6-24-17)15(22)9-23-16-4-3-12(18)8-14(16)19/h3-8H,9H2,1-2H3. The molecule has 4 nitrogen and oxygen atoms in total. The summed E-state index contributed by atoms with van der Waals surface area (Å²) in [4.78, 5) is 16.6. The molecule has 0 unspecified atom stereocenters. The summed E-state index contributed by atoms with van der Waals surface area (Å²) in [7, 11) is 0. The predicted molar refractivity (Wildman–Crippen MR) is 87.1 cm³/mol. The van der Waals surface area contributed by atoms with Gasteiger partial charge >= 0.3 is 0 Å². The van der Waals surface area contributed by atoms with E-state index in [9.17, 15) is 13.6 Å². The number of hydrogen-bond acceptors (Lipinski definition) is 4. The zero-order valence-electron chi connectivity index (χ0n) is 13.0. The third-order valence-corrected chi connectivity index (χ3v) is 4.35. The van der Waals surface area contributed by atoms with Crippen molar-refractivity contribution in [3.8, 4) is 10.9 Å². The van der Waals surface area contributed by atoms with Crippen LogP contribution in [0.5, 0.6) is 5.75 Å². The number of thiazole rings is 1. The zero-order valence-corrected chi connectivity index (χ0v) is 13.9. The molecular formula is C17H14F2N2O2S. The van der Waals surface area contributed by atoms with Gasteiger partial charge in [0.2, 0.25) is 5.78 Å². The molecule has 0 aliphatic rings. The van der Waals surface area contributed by atoms with Crippen LogP contribution < -0.4 is 4.74 Å². The van der Waals surface area contributed by atoms with Crippen LogP contribution in [0.15, 0.2) is 35.8 Å². The molecule has 0 saturated heterocycles. The summed E-state index contributed by atoms with van der Waals surface area (Å²) in [6.45, 7) is 3.37. The molecule has 3 rings (SSSR count). The minimum absolute atomic E-state index is 0.154. The van der Waals surface area contributed by atoms with Crippen molar-refractivity contribution in [2.45, 2.75) is 13.8 Å². The minimum Gasteiger partial charge on any atom is -0.482 e. The Morgan fingerprint density at radius 2 is 2.08 bits per heavy atom. The Balaban J connectivity index is 1.80. The summed E-state index contributed by atoms with van der Waals surface area (Å²) < 4.78 is 33.5. The first-order valence-electron chi connectivity index (χ1n) is 7.17. The minimum atomic E-state index is -0.837. The Morgan fingerprint density at radius 1 is 1.29 bits per heavy atom.